The van der Waals surface area contributed by atoms with Gasteiger partial charge in [0.1, 0.15) is 4.88 Å². The Bertz CT molecular complexity index is 343. The highest BCUT2D eigenvalue weighted by Gasteiger charge is 2.13. The molecular formula is C11H18ClN3OS. The Balaban J connectivity index is 2.21. The summed E-state index contributed by atoms with van der Waals surface area (Å²) in [6, 6.07) is 0. The predicted octanol–water partition coefficient (Wildman–Crippen LogP) is 2.63. The predicted molar refractivity (Wildman–Crippen MR) is 70.8 cm³/mol. The van der Waals surface area contributed by atoms with Crippen LogP contribution >= 0.6 is 23.1 Å². The number of unbranched alkanes of at least 4 members (excludes halogenated alkanes) is 3. The maximum atomic E-state index is 11.8. The van der Waals surface area contributed by atoms with Crippen LogP contribution in [-0.4, -0.2) is 27.9 Å². The molecule has 96 valence electrons. The van der Waals surface area contributed by atoms with Crippen LogP contribution in [0, 0.1) is 0 Å². The summed E-state index contributed by atoms with van der Waals surface area (Å²) >= 11 is 6.75. The molecule has 0 unspecified atom stereocenters. The molecule has 1 rings (SSSR count). The van der Waals surface area contributed by atoms with Crippen LogP contribution in [0.5, 0.6) is 0 Å². The van der Waals surface area contributed by atoms with E-state index in [4.69, 9.17) is 11.6 Å². The standard InChI is InChI=1S/C11H18ClN3OS/c1-2-9-10(17-15-14-9)11(16)13-8-6-4-3-5-7-12/h2-8H2,1H3,(H,13,16). The fourth-order valence-corrected chi connectivity index (χ4v) is 2.32. The first-order valence-electron chi connectivity index (χ1n) is 5.95. The second-order valence-electron chi connectivity index (χ2n) is 3.76. The first-order chi connectivity index (χ1) is 8.29. The van der Waals surface area contributed by atoms with Gasteiger partial charge in [0.2, 0.25) is 0 Å². The number of carbonyl (C=O) groups is 1. The third-order valence-corrected chi connectivity index (χ3v) is 3.48. The molecule has 0 aromatic carbocycles. The number of aromatic nitrogens is 2. The van der Waals surface area contributed by atoms with Gasteiger partial charge in [-0.3, -0.25) is 4.79 Å². The van der Waals surface area contributed by atoms with E-state index in [1.54, 1.807) is 0 Å². The van der Waals surface area contributed by atoms with E-state index in [9.17, 15) is 4.79 Å². The van der Waals surface area contributed by atoms with Gasteiger partial charge in [-0.05, 0) is 30.8 Å². The molecule has 1 N–H and O–H groups in total. The topological polar surface area (TPSA) is 54.9 Å². The smallest absolute Gasteiger partial charge is 0.264 e. The summed E-state index contributed by atoms with van der Waals surface area (Å²) in [5.41, 5.74) is 0.787. The van der Waals surface area contributed by atoms with E-state index in [2.05, 4.69) is 14.9 Å². The molecule has 0 aliphatic carbocycles. The van der Waals surface area contributed by atoms with Crippen molar-refractivity contribution in [1.29, 1.82) is 0 Å². The lowest BCUT2D eigenvalue weighted by Gasteiger charge is -2.03. The van der Waals surface area contributed by atoms with Crippen molar-refractivity contribution in [2.24, 2.45) is 0 Å². The van der Waals surface area contributed by atoms with Gasteiger partial charge >= 0.3 is 0 Å². The fourth-order valence-electron chi connectivity index (χ4n) is 1.47. The highest BCUT2D eigenvalue weighted by Crippen LogP contribution is 2.10. The van der Waals surface area contributed by atoms with Crippen molar-refractivity contribution in [3.05, 3.63) is 10.6 Å². The van der Waals surface area contributed by atoms with E-state index in [0.29, 0.717) is 11.4 Å². The van der Waals surface area contributed by atoms with Gasteiger partial charge in [-0.15, -0.1) is 16.7 Å². The average molecular weight is 276 g/mol. The number of alkyl halides is 1. The minimum atomic E-state index is -0.0470. The summed E-state index contributed by atoms with van der Waals surface area (Å²) in [6.07, 6.45) is 5.02. The number of rotatable bonds is 8. The highest BCUT2D eigenvalue weighted by molar-refractivity contribution is 7.08. The number of hydrogen-bond acceptors (Lipinski definition) is 4. The molecule has 6 heteroatoms. The Morgan fingerprint density at radius 1 is 1.35 bits per heavy atom. The number of nitrogens with one attached hydrogen (secondary N) is 1. The Kier molecular flexibility index (Phi) is 7.12. The van der Waals surface area contributed by atoms with Crippen molar-refractivity contribution >= 4 is 29.0 Å². The number of halogens is 1. The highest BCUT2D eigenvalue weighted by atomic mass is 35.5. The van der Waals surface area contributed by atoms with Gasteiger partial charge < -0.3 is 5.32 Å². The van der Waals surface area contributed by atoms with Crippen LogP contribution in [0.2, 0.25) is 0 Å². The van der Waals surface area contributed by atoms with Crippen LogP contribution in [-0.2, 0) is 6.42 Å². The van der Waals surface area contributed by atoms with Crippen LogP contribution < -0.4 is 5.32 Å². The minimum absolute atomic E-state index is 0.0470. The summed E-state index contributed by atoms with van der Waals surface area (Å²) < 4.78 is 3.80. The molecule has 17 heavy (non-hydrogen) atoms. The van der Waals surface area contributed by atoms with Crippen molar-refractivity contribution in [3.63, 3.8) is 0 Å². The lowest BCUT2D eigenvalue weighted by Crippen LogP contribution is -2.24. The van der Waals surface area contributed by atoms with Crippen molar-refractivity contribution in [2.75, 3.05) is 12.4 Å². The van der Waals surface area contributed by atoms with Gasteiger partial charge in [0.05, 0.1) is 5.69 Å². The molecule has 0 aliphatic rings. The molecule has 1 aromatic heterocycles. The van der Waals surface area contributed by atoms with Crippen LogP contribution in [0.1, 0.15) is 48.0 Å². The van der Waals surface area contributed by atoms with Gasteiger partial charge in [0, 0.05) is 12.4 Å². The van der Waals surface area contributed by atoms with Gasteiger partial charge in [-0.25, -0.2) is 0 Å². The molecule has 1 aromatic rings. The van der Waals surface area contributed by atoms with Gasteiger partial charge in [0.15, 0.2) is 0 Å². The molecular weight excluding hydrogens is 258 g/mol. The number of nitrogens with zero attached hydrogens (tertiary/aromatic N) is 2. The molecule has 0 atom stereocenters. The van der Waals surface area contributed by atoms with Gasteiger partial charge in [-0.2, -0.15) is 0 Å². The maximum Gasteiger partial charge on any atom is 0.264 e. The number of aryl methyl sites for hydroxylation is 1. The van der Waals surface area contributed by atoms with E-state index in [1.807, 2.05) is 6.92 Å². The zero-order valence-corrected chi connectivity index (χ0v) is 11.6. The second kappa shape index (κ2) is 8.42. The first-order valence-corrected chi connectivity index (χ1v) is 7.25. The van der Waals surface area contributed by atoms with Crippen molar-refractivity contribution in [3.8, 4) is 0 Å². The largest absolute Gasteiger partial charge is 0.351 e. The molecule has 0 spiro atoms. The van der Waals surface area contributed by atoms with Crippen LogP contribution in [0.25, 0.3) is 0 Å². The Labute approximate surface area is 111 Å². The molecule has 0 fully saturated rings. The van der Waals surface area contributed by atoms with Crippen LogP contribution in [0.3, 0.4) is 0 Å². The van der Waals surface area contributed by atoms with E-state index >= 15 is 0 Å². The van der Waals surface area contributed by atoms with E-state index in [0.717, 1.165) is 55.2 Å². The zero-order valence-electron chi connectivity index (χ0n) is 10.0. The molecule has 1 heterocycles. The molecule has 0 saturated carbocycles. The second-order valence-corrected chi connectivity index (χ2v) is 4.89. The summed E-state index contributed by atoms with van der Waals surface area (Å²) in [4.78, 5) is 12.4. The Hall–Kier alpha value is -0.680. The third-order valence-electron chi connectivity index (χ3n) is 2.44. The lowest BCUT2D eigenvalue weighted by atomic mass is 10.2. The summed E-state index contributed by atoms with van der Waals surface area (Å²) in [5, 5.41) is 6.81. The summed E-state index contributed by atoms with van der Waals surface area (Å²) in [5.74, 6) is 0.674. The lowest BCUT2D eigenvalue weighted by molar-refractivity contribution is 0.0956. The van der Waals surface area contributed by atoms with Crippen molar-refractivity contribution in [2.45, 2.75) is 39.0 Å². The van der Waals surface area contributed by atoms with E-state index in [1.165, 1.54) is 0 Å². The quantitative estimate of drug-likeness (QED) is 0.586. The fraction of sp³-hybridized carbons (Fsp3) is 0.727. The van der Waals surface area contributed by atoms with E-state index in [-0.39, 0.29) is 5.91 Å². The van der Waals surface area contributed by atoms with Crippen molar-refractivity contribution < 1.29 is 4.79 Å². The molecule has 4 nitrogen and oxygen atoms in total. The third kappa shape index (κ3) is 5.00. The minimum Gasteiger partial charge on any atom is -0.351 e. The molecule has 0 bridgehead atoms. The molecule has 0 saturated heterocycles. The molecule has 0 aliphatic heterocycles. The molecule has 0 radical (unpaired) electrons. The number of amides is 1. The van der Waals surface area contributed by atoms with Gasteiger partial charge in [0.25, 0.3) is 5.91 Å². The normalized spacial score (nSPS) is 10.5. The zero-order chi connectivity index (χ0) is 12.5. The SMILES string of the molecule is CCc1nnsc1C(=O)NCCCCCCCl. The number of hydrogen-bond donors (Lipinski definition) is 1. The van der Waals surface area contributed by atoms with Crippen LogP contribution in [0.4, 0.5) is 0 Å². The van der Waals surface area contributed by atoms with Gasteiger partial charge in [-0.1, -0.05) is 24.3 Å². The average Bonchev–Trinajstić information content (AvgIpc) is 2.81. The van der Waals surface area contributed by atoms with Crippen LogP contribution in [0.15, 0.2) is 0 Å². The summed E-state index contributed by atoms with van der Waals surface area (Å²) in [7, 11) is 0. The maximum absolute atomic E-state index is 11.8. The monoisotopic (exact) mass is 275 g/mol. The first kappa shape index (κ1) is 14.4. The van der Waals surface area contributed by atoms with Crippen molar-refractivity contribution in [1.82, 2.24) is 14.9 Å². The summed E-state index contributed by atoms with van der Waals surface area (Å²) in [6.45, 7) is 2.68. The number of carbonyl (C=O) groups excluding carboxylic acids is 1. The molecule has 1 amide bonds. The van der Waals surface area contributed by atoms with E-state index < -0.39 is 0 Å². The Morgan fingerprint density at radius 2 is 2.12 bits per heavy atom. The Morgan fingerprint density at radius 3 is 2.82 bits per heavy atom.